The van der Waals surface area contributed by atoms with Crippen molar-refractivity contribution in [2.24, 2.45) is 0 Å². The summed E-state index contributed by atoms with van der Waals surface area (Å²) in [6, 6.07) is 17.5. The van der Waals surface area contributed by atoms with Crippen molar-refractivity contribution in [3.63, 3.8) is 0 Å². The van der Waals surface area contributed by atoms with Gasteiger partial charge in [0.05, 0.1) is 5.69 Å². The Labute approximate surface area is 163 Å². The van der Waals surface area contributed by atoms with E-state index in [1.165, 1.54) is 5.56 Å². The van der Waals surface area contributed by atoms with E-state index < -0.39 is 0 Å². The van der Waals surface area contributed by atoms with Crippen molar-refractivity contribution in [2.75, 3.05) is 0 Å². The molecule has 0 aliphatic carbocycles. The molecule has 6 nitrogen and oxygen atoms in total. The molecule has 0 saturated heterocycles. The van der Waals surface area contributed by atoms with Crippen LogP contribution in [0.4, 0.5) is 0 Å². The van der Waals surface area contributed by atoms with Gasteiger partial charge in [0.1, 0.15) is 5.52 Å². The maximum Gasteiger partial charge on any atom is 0.251 e. The van der Waals surface area contributed by atoms with E-state index in [-0.39, 0.29) is 5.91 Å². The minimum atomic E-state index is -0.101. The van der Waals surface area contributed by atoms with Gasteiger partial charge >= 0.3 is 0 Å². The van der Waals surface area contributed by atoms with Gasteiger partial charge in [0.2, 0.25) is 0 Å². The number of rotatable bonds is 5. The molecule has 0 fully saturated rings. The van der Waals surface area contributed by atoms with Crippen LogP contribution in [0.15, 0.2) is 60.8 Å². The fraction of sp³-hybridized carbons (Fsp3) is 0.182. The van der Waals surface area contributed by atoms with E-state index in [1.807, 2.05) is 31.2 Å². The van der Waals surface area contributed by atoms with Crippen molar-refractivity contribution in [3.8, 4) is 5.69 Å². The van der Waals surface area contributed by atoms with E-state index in [9.17, 15) is 4.79 Å². The number of aryl methyl sites for hydroxylation is 2. The molecule has 0 bridgehead atoms. The van der Waals surface area contributed by atoms with E-state index in [0.29, 0.717) is 17.8 Å². The Morgan fingerprint density at radius 1 is 1.07 bits per heavy atom. The van der Waals surface area contributed by atoms with Crippen LogP contribution in [0.5, 0.6) is 0 Å². The first kappa shape index (κ1) is 17.9. The minimum absolute atomic E-state index is 0.101. The van der Waals surface area contributed by atoms with Crippen LogP contribution < -0.4 is 5.32 Å². The number of aromatic nitrogens is 4. The lowest BCUT2D eigenvalue weighted by Gasteiger charge is -2.10. The van der Waals surface area contributed by atoms with E-state index in [0.717, 1.165) is 28.8 Å². The number of carbonyl (C=O) groups is 1. The molecule has 6 heteroatoms. The second-order valence-electron chi connectivity index (χ2n) is 6.70. The van der Waals surface area contributed by atoms with Gasteiger partial charge in [0, 0.05) is 18.3 Å². The van der Waals surface area contributed by atoms with E-state index >= 15 is 0 Å². The third kappa shape index (κ3) is 3.49. The van der Waals surface area contributed by atoms with Crippen LogP contribution in [0.3, 0.4) is 0 Å². The van der Waals surface area contributed by atoms with Gasteiger partial charge in [-0.15, -0.1) is 5.10 Å². The fourth-order valence-corrected chi connectivity index (χ4v) is 3.14. The van der Waals surface area contributed by atoms with E-state index in [4.69, 9.17) is 0 Å². The zero-order chi connectivity index (χ0) is 19.5. The van der Waals surface area contributed by atoms with Gasteiger partial charge in [-0.1, -0.05) is 36.4 Å². The molecule has 2 aromatic carbocycles. The number of carbonyl (C=O) groups excluding carboxylic acids is 1. The van der Waals surface area contributed by atoms with Crippen LogP contribution in [0, 0.1) is 6.92 Å². The summed E-state index contributed by atoms with van der Waals surface area (Å²) in [6.45, 7) is 4.58. The molecule has 2 aromatic heterocycles. The van der Waals surface area contributed by atoms with Gasteiger partial charge in [-0.05, 0) is 60.4 Å². The number of fused-ring (bicyclic) bond motifs is 1. The lowest BCUT2D eigenvalue weighted by atomic mass is 10.1. The lowest BCUT2D eigenvalue weighted by Crippen LogP contribution is -2.23. The van der Waals surface area contributed by atoms with Crippen molar-refractivity contribution in [1.29, 1.82) is 0 Å². The van der Waals surface area contributed by atoms with Crippen LogP contribution in [-0.4, -0.2) is 25.9 Å². The molecule has 28 heavy (non-hydrogen) atoms. The summed E-state index contributed by atoms with van der Waals surface area (Å²) >= 11 is 0. The normalized spacial score (nSPS) is 10.9. The Kier molecular flexibility index (Phi) is 4.85. The zero-order valence-corrected chi connectivity index (χ0v) is 15.9. The van der Waals surface area contributed by atoms with Gasteiger partial charge < -0.3 is 5.32 Å². The van der Waals surface area contributed by atoms with Gasteiger partial charge in [0.15, 0.2) is 5.65 Å². The molecule has 4 rings (SSSR count). The minimum Gasteiger partial charge on any atom is -0.348 e. The van der Waals surface area contributed by atoms with E-state index in [2.05, 4.69) is 51.8 Å². The second-order valence-corrected chi connectivity index (χ2v) is 6.70. The maximum atomic E-state index is 12.5. The molecule has 0 radical (unpaired) electrons. The average molecular weight is 371 g/mol. The van der Waals surface area contributed by atoms with Gasteiger partial charge in [0.25, 0.3) is 5.91 Å². The van der Waals surface area contributed by atoms with Crippen molar-refractivity contribution in [1.82, 2.24) is 25.3 Å². The molecule has 0 spiro atoms. The summed E-state index contributed by atoms with van der Waals surface area (Å²) < 4.78 is 1.70. The van der Waals surface area contributed by atoms with Gasteiger partial charge in [-0.25, -0.2) is 4.98 Å². The Morgan fingerprint density at radius 2 is 1.86 bits per heavy atom. The highest BCUT2D eigenvalue weighted by atomic mass is 16.1. The SMILES string of the molecule is CCc1ccc(CNC(=O)c2ccc(-n3nnc4cccnc43)c(C)c2)cc1. The monoisotopic (exact) mass is 371 g/mol. The first-order valence-corrected chi connectivity index (χ1v) is 9.29. The summed E-state index contributed by atoms with van der Waals surface area (Å²) in [5.41, 5.74) is 6.20. The Morgan fingerprint density at radius 3 is 2.61 bits per heavy atom. The van der Waals surface area contributed by atoms with Crippen molar-refractivity contribution < 1.29 is 4.79 Å². The molecule has 0 atom stereocenters. The molecule has 140 valence electrons. The molecular weight excluding hydrogens is 350 g/mol. The van der Waals surface area contributed by atoms with Crippen LogP contribution in [0.1, 0.15) is 34.0 Å². The first-order chi connectivity index (χ1) is 13.7. The Hall–Kier alpha value is -3.54. The molecule has 1 N–H and O–H groups in total. The Balaban J connectivity index is 1.51. The average Bonchev–Trinajstić information content (AvgIpc) is 3.16. The molecule has 0 aliphatic heterocycles. The third-order valence-electron chi connectivity index (χ3n) is 4.78. The van der Waals surface area contributed by atoms with Crippen LogP contribution in [-0.2, 0) is 13.0 Å². The number of benzene rings is 2. The highest BCUT2D eigenvalue weighted by molar-refractivity contribution is 5.94. The largest absolute Gasteiger partial charge is 0.348 e. The van der Waals surface area contributed by atoms with Crippen molar-refractivity contribution >= 4 is 17.1 Å². The summed E-state index contributed by atoms with van der Waals surface area (Å²) in [7, 11) is 0. The first-order valence-electron chi connectivity index (χ1n) is 9.29. The number of pyridine rings is 1. The van der Waals surface area contributed by atoms with Gasteiger partial charge in [-0.2, -0.15) is 4.68 Å². The molecule has 0 saturated carbocycles. The molecule has 0 unspecified atom stereocenters. The molecule has 1 amide bonds. The molecular formula is C22H21N5O. The van der Waals surface area contributed by atoms with Crippen LogP contribution in [0.25, 0.3) is 16.9 Å². The topological polar surface area (TPSA) is 72.7 Å². The Bertz CT molecular complexity index is 1130. The van der Waals surface area contributed by atoms with Crippen molar-refractivity contribution in [3.05, 3.63) is 83.0 Å². The maximum absolute atomic E-state index is 12.5. The number of amides is 1. The number of hydrogen-bond donors (Lipinski definition) is 1. The number of nitrogens with one attached hydrogen (secondary N) is 1. The fourth-order valence-electron chi connectivity index (χ4n) is 3.14. The quantitative estimate of drug-likeness (QED) is 0.582. The lowest BCUT2D eigenvalue weighted by molar-refractivity contribution is 0.0951. The number of hydrogen-bond acceptors (Lipinski definition) is 4. The van der Waals surface area contributed by atoms with E-state index in [1.54, 1.807) is 16.9 Å². The van der Waals surface area contributed by atoms with Gasteiger partial charge in [-0.3, -0.25) is 4.79 Å². The van der Waals surface area contributed by atoms with Crippen LogP contribution in [0.2, 0.25) is 0 Å². The summed E-state index contributed by atoms with van der Waals surface area (Å²) in [6.07, 6.45) is 2.72. The van der Waals surface area contributed by atoms with Crippen molar-refractivity contribution in [2.45, 2.75) is 26.8 Å². The zero-order valence-electron chi connectivity index (χ0n) is 15.9. The van der Waals surface area contributed by atoms with Crippen LogP contribution >= 0.6 is 0 Å². The predicted molar refractivity (Wildman–Crippen MR) is 108 cm³/mol. The highest BCUT2D eigenvalue weighted by Crippen LogP contribution is 2.19. The summed E-state index contributed by atoms with van der Waals surface area (Å²) in [5.74, 6) is -0.101. The number of nitrogens with zero attached hydrogens (tertiary/aromatic N) is 4. The molecule has 2 heterocycles. The second kappa shape index (κ2) is 7.60. The highest BCUT2D eigenvalue weighted by Gasteiger charge is 2.12. The summed E-state index contributed by atoms with van der Waals surface area (Å²) in [5, 5.41) is 11.3. The predicted octanol–water partition coefficient (Wildman–Crippen LogP) is 3.62. The summed E-state index contributed by atoms with van der Waals surface area (Å²) in [4.78, 5) is 16.9. The smallest absolute Gasteiger partial charge is 0.251 e. The third-order valence-corrected chi connectivity index (χ3v) is 4.78. The molecule has 4 aromatic rings. The standard InChI is InChI=1S/C22H21N5O/c1-3-16-6-8-17(9-7-16)14-24-22(28)18-10-11-20(15(2)13-18)27-21-19(25-26-27)5-4-12-23-21/h4-13H,3,14H2,1-2H3,(H,24,28). The molecule has 0 aliphatic rings.